The largest absolute Gasteiger partial charge is 0.444 e. The van der Waals surface area contributed by atoms with Gasteiger partial charge < -0.3 is 4.74 Å². The van der Waals surface area contributed by atoms with Crippen LogP contribution in [0.15, 0.2) is 12.8 Å². The van der Waals surface area contributed by atoms with Crippen LogP contribution in [0.1, 0.15) is 6.92 Å². The molecule has 2 atom stereocenters. The second-order valence-corrected chi connectivity index (χ2v) is 6.58. The lowest BCUT2D eigenvalue weighted by molar-refractivity contribution is 0.141. The van der Waals surface area contributed by atoms with E-state index in [2.05, 4.69) is 19.7 Å². The summed E-state index contributed by atoms with van der Waals surface area (Å²) in [5.74, 6) is 0. The topological polar surface area (TPSA) is 29.5 Å². The first-order chi connectivity index (χ1) is 5.57. The van der Waals surface area contributed by atoms with Crippen molar-refractivity contribution in [3.05, 3.63) is 12.8 Å². The summed E-state index contributed by atoms with van der Waals surface area (Å²) in [6.07, 6.45) is 1.36. The fourth-order valence-corrected chi connectivity index (χ4v) is 3.75. The molecule has 0 aliphatic carbocycles. The molecule has 1 fully saturated rings. The molecule has 2 unspecified atom stereocenters. The van der Waals surface area contributed by atoms with Crippen molar-refractivity contribution in [3.8, 4) is 0 Å². The van der Waals surface area contributed by atoms with Crippen molar-refractivity contribution in [2.75, 3.05) is 0 Å². The predicted molar refractivity (Wildman–Crippen MR) is 50.6 cm³/mol. The molecule has 1 aliphatic rings. The van der Waals surface area contributed by atoms with Gasteiger partial charge in [0.05, 0.1) is 14.5 Å². The zero-order valence-corrected chi connectivity index (χ0v) is 8.93. The highest BCUT2D eigenvalue weighted by Crippen LogP contribution is 2.21. The number of carbonyl (C=O) groups excluding carboxylic acids is 1. The van der Waals surface area contributed by atoms with E-state index in [1.807, 2.05) is 6.92 Å². The quantitative estimate of drug-likeness (QED) is 0.608. The molecule has 0 radical (unpaired) electrons. The summed E-state index contributed by atoms with van der Waals surface area (Å²) in [5, 5.41) is 0. The van der Waals surface area contributed by atoms with Crippen molar-refractivity contribution >= 4 is 14.9 Å². The molecule has 0 aromatic carbocycles. The van der Waals surface area contributed by atoms with E-state index >= 15 is 0 Å². The van der Waals surface area contributed by atoms with E-state index < -0.39 is 8.80 Å². The van der Waals surface area contributed by atoms with E-state index in [1.54, 1.807) is 11.1 Å². The van der Waals surface area contributed by atoms with Crippen LogP contribution in [-0.2, 0) is 4.74 Å². The van der Waals surface area contributed by atoms with Crippen molar-refractivity contribution in [3.63, 3.8) is 0 Å². The average molecular weight is 185 g/mol. The van der Waals surface area contributed by atoms with Crippen LogP contribution in [0.25, 0.3) is 0 Å². The fourth-order valence-electron chi connectivity index (χ4n) is 1.70. The van der Waals surface area contributed by atoms with Gasteiger partial charge in [0.1, 0.15) is 6.10 Å². The fraction of sp³-hybridized carbons (Fsp3) is 0.625. The van der Waals surface area contributed by atoms with Gasteiger partial charge in [0.15, 0.2) is 0 Å². The second kappa shape index (κ2) is 3.31. The van der Waals surface area contributed by atoms with Crippen LogP contribution in [0.5, 0.6) is 0 Å². The van der Waals surface area contributed by atoms with Gasteiger partial charge in [-0.15, -0.1) is 0 Å². The van der Waals surface area contributed by atoms with Crippen LogP contribution in [0.3, 0.4) is 0 Å². The molecule has 1 amide bonds. The van der Waals surface area contributed by atoms with Crippen molar-refractivity contribution in [2.24, 2.45) is 0 Å². The van der Waals surface area contributed by atoms with Crippen LogP contribution in [0.2, 0.25) is 13.1 Å². The Labute approximate surface area is 74.6 Å². The maximum Gasteiger partial charge on any atom is 0.414 e. The minimum Gasteiger partial charge on any atom is -0.444 e. The molecule has 12 heavy (non-hydrogen) atoms. The normalized spacial score (nSPS) is 29.3. The highest BCUT2D eigenvalue weighted by atomic mass is 28.3. The van der Waals surface area contributed by atoms with E-state index in [0.29, 0.717) is 0 Å². The lowest BCUT2D eigenvalue weighted by Gasteiger charge is -2.22. The highest BCUT2D eigenvalue weighted by molar-refractivity contribution is 6.58. The smallest absolute Gasteiger partial charge is 0.414 e. The Kier molecular flexibility index (Phi) is 2.57. The molecule has 1 saturated heterocycles. The second-order valence-electron chi connectivity index (χ2n) is 3.41. The van der Waals surface area contributed by atoms with E-state index in [1.165, 1.54) is 0 Å². The molecule has 0 N–H and O–H groups in total. The standard InChI is InChI=1S/C8H15NO2Si/c1-5-9-7(12(3)4)6(2)11-8(9)10/h5-7,12H,1H2,2-4H3. The molecule has 1 heterocycles. The Hall–Kier alpha value is -0.773. The summed E-state index contributed by atoms with van der Waals surface area (Å²) >= 11 is 0. The van der Waals surface area contributed by atoms with Gasteiger partial charge in [0.25, 0.3) is 0 Å². The van der Waals surface area contributed by atoms with E-state index in [-0.39, 0.29) is 17.9 Å². The summed E-state index contributed by atoms with van der Waals surface area (Å²) in [5.41, 5.74) is 0.273. The molecule has 0 saturated carbocycles. The molecule has 3 nitrogen and oxygen atoms in total. The average Bonchev–Trinajstić information content (AvgIpc) is 2.24. The van der Waals surface area contributed by atoms with Gasteiger partial charge in [-0.3, -0.25) is 4.90 Å². The maximum atomic E-state index is 11.2. The van der Waals surface area contributed by atoms with E-state index in [9.17, 15) is 4.79 Å². The van der Waals surface area contributed by atoms with Gasteiger partial charge in [0, 0.05) is 6.20 Å². The minimum absolute atomic E-state index is 0.0298. The van der Waals surface area contributed by atoms with E-state index in [0.717, 1.165) is 0 Å². The number of hydrogen-bond acceptors (Lipinski definition) is 2. The van der Waals surface area contributed by atoms with Gasteiger partial charge >= 0.3 is 6.09 Å². The number of cyclic esters (lactones) is 1. The third kappa shape index (κ3) is 1.39. The molecule has 1 aliphatic heterocycles. The molecule has 68 valence electrons. The van der Waals surface area contributed by atoms with Crippen molar-refractivity contribution in [1.29, 1.82) is 0 Å². The predicted octanol–water partition coefficient (Wildman–Crippen LogP) is 1.37. The minimum atomic E-state index is -0.886. The number of nitrogens with zero attached hydrogens (tertiary/aromatic N) is 1. The molecular weight excluding hydrogens is 170 g/mol. The first-order valence-corrected chi connectivity index (χ1v) is 7.17. The third-order valence-electron chi connectivity index (χ3n) is 2.18. The first-order valence-electron chi connectivity index (χ1n) is 4.19. The molecule has 0 spiro atoms. The van der Waals surface area contributed by atoms with Gasteiger partial charge in [0.2, 0.25) is 0 Å². The molecule has 0 bridgehead atoms. The lowest BCUT2D eigenvalue weighted by Crippen LogP contribution is -2.41. The molecule has 0 aromatic rings. The SMILES string of the molecule is C=CN1C(=O)OC(C)C1[SiH](C)C. The zero-order valence-electron chi connectivity index (χ0n) is 7.78. The Morgan fingerprint density at radius 3 is 2.58 bits per heavy atom. The van der Waals surface area contributed by atoms with Gasteiger partial charge in [-0.2, -0.15) is 0 Å². The Balaban J connectivity index is 2.81. The van der Waals surface area contributed by atoms with Gasteiger partial charge in [-0.05, 0) is 6.92 Å². The summed E-state index contributed by atoms with van der Waals surface area (Å²) in [4.78, 5) is 12.8. The Morgan fingerprint density at radius 2 is 2.25 bits per heavy atom. The Bertz CT molecular complexity index is 205. The maximum absolute atomic E-state index is 11.2. The number of amides is 1. The van der Waals surface area contributed by atoms with Crippen molar-refractivity contribution in [2.45, 2.75) is 31.8 Å². The monoisotopic (exact) mass is 185 g/mol. The van der Waals surface area contributed by atoms with E-state index in [4.69, 9.17) is 4.74 Å². The number of rotatable bonds is 2. The summed E-state index contributed by atoms with van der Waals surface area (Å²) in [7, 11) is -0.886. The third-order valence-corrected chi connectivity index (χ3v) is 4.41. The van der Waals surface area contributed by atoms with Crippen LogP contribution >= 0.6 is 0 Å². The summed E-state index contributed by atoms with van der Waals surface area (Å²) < 4.78 is 5.09. The molecule has 4 heteroatoms. The first kappa shape index (κ1) is 9.32. The van der Waals surface area contributed by atoms with Crippen LogP contribution in [0.4, 0.5) is 4.79 Å². The zero-order chi connectivity index (χ0) is 9.30. The van der Waals surface area contributed by atoms with Crippen molar-refractivity contribution in [1.82, 2.24) is 4.90 Å². The number of hydrogen-bond donors (Lipinski definition) is 0. The van der Waals surface area contributed by atoms with Gasteiger partial charge in [-0.1, -0.05) is 19.7 Å². The summed E-state index contributed by atoms with van der Waals surface area (Å²) in [6.45, 7) is 9.97. The molecule has 0 aromatic heterocycles. The summed E-state index contributed by atoms with van der Waals surface area (Å²) in [6, 6.07) is 0. The highest BCUT2D eigenvalue weighted by Gasteiger charge is 2.39. The van der Waals surface area contributed by atoms with Crippen LogP contribution in [-0.4, -0.2) is 31.6 Å². The number of ether oxygens (including phenoxy) is 1. The molecule has 1 rings (SSSR count). The Morgan fingerprint density at radius 1 is 1.67 bits per heavy atom. The van der Waals surface area contributed by atoms with Crippen LogP contribution in [0, 0.1) is 0 Å². The lowest BCUT2D eigenvalue weighted by atomic mass is 10.4. The van der Waals surface area contributed by atoms with Gasteiger partial charge in [-0.25, -0.2) is 4.79 Å². The number of carbonyl (C=O) groups is 1. The molecular formula is C8H15NO2Si. The van der Waals surface area contributed by atoms with Crippen molar-refractivity contribution < 1.29 is 9.53 Å². The van der Waals surface area contributed by atoms with Crippen LogP contribution < -0.4 is 0 Å².